The number of aliphatic hydroxyl groups excluding tert-OH is 1. The Morgan fingerprint density at radius 1 is 1.19 bits per heavy atom. The Labute approximate surface area is 166 Å². The number of rotatable bonds is 8. The van der Waals surface area contributed by atoms with Crippen molar-refractivity contribution in [3.8, 4) is 11.5 Å². The van der Waals surface area contributed by atoms with Gasteiger partial charge in [0.25, 0.3) is 0 Å². The van der Waals surface area contributed by atoms with Crippen molar-refractivity contribution >= 4 is 27.7 Å². The van der Waals surface area contributed by atoms with Crippen LogP contribution < -0.4 is 10.1 Å². The monoisotopic (exact) mass is 439 g/mol. The van der Waals surface area contributed by atoms with Gasteiger partial charge in [0.1, 0.15) is 6.10 Å². The summed E-state index contributed by atoms with van der Waals surface area (Å²) in [4.78, 5) is 12.4. The summed E-state index contributed by atoms with van der Waals surface area (Å²) in [6.07, 6.45) is -1.87. The van der Waals surface area contributed by atoms with Gasteiger partial charge in [-0.3, -0.25) is 5.32 Å². The molecule has 0 unspecified atom stereocenters. The van der Waals surface area contributed by atoms with Crippen molar-refractivity contribution in [3.05, 3.63) is 52.5 Å². The summed E-state index contributed by atoms with van der Waals surface area (Å²) in [5.74, 6) is 0.212. The van der Waals surface area contributed by atoms with Crippen molar-refractivity contribution < 1.29 is 29.2 Å². The van der Waals surface area contributed by atoms with E-state index in [9.17, 15) is 15.0 Å². The molecule has 0 aliphatic heterocycles. The zero-order valence-electron chi connectivity index (χ0n) is 15.0. The van der Waals surface area contributed by atoms with Gasteiger partial charge >= 0.3 is 6.09 Å². The fourth-order valence-electron chi connectivity index (χ4n) is 2.56. The van der Waals surface area contributed by atoms with E-state index in [0.717, 1.165) is 4.47 Å². The standard InChI is InChI=1S/C19H22BrNO6/c1-25-16-8-3-12(11-15(16)23)18(17(26-2)9-10-22)27-19(24)21-14-6-4-13(20)5-7-14/h3-8,11,17-18,22-23H,9-10H2,1-2H3,(H,21,24)/t17-,18-/m0/s1. The molecule has 0 saturated carbocycles. The number of carbonyl (C=O) groups excluding carboxylic acids is 1. The van der Waals surface area contributed by atoms with Crippen molar-refractivity contribution in [2.75, 3.05) is 26.1 Å². The second kappa shape index (κ2) is 10.1. The van der Waals surface area contributed by atoms with Gasteiger partial charge in [0, 0.05) is 30.3 Å². The quantitative estimate of drug-likeness (QED) is 0.577. The number of carbonyl (C=O) groups is 1. The number of phenolic OH excluding ortho intramolecular Hbond substituents is 1. The highest BCUT2D eigenvalue weighted by molar-refractivity contribution is 9.10. The summed E-state index contributed by atoms with van der Waals surface area (Å²) < 4.78 is 16.9. The zero-order chi connectivity index (χ0) is 19.8. The van der Waals surface area contributed by atoms with Crippen LogP contribution >= 0.6 is 15.9 Å². The van der Waals surface area contributed by atoms with Crippen LogP contribution in [0.4, 0.5) is 10.5 Å². The maximum atomic E-state index is 12.4. The first kappa shape index (κ1) is 21.0. The van der Waals surface area contributed by atoms with E-state index in [1.54, 1.807) is 36.4 Å². The number of halogens is 1. The van der Waals surface area contributed by atoms with Crippen LogP contribution in [-0.2, 0) is 9.47 Å². The smallest absolute Gasteiger partial charge is 0.412 e. The number of methoxy groups -OCH3 is 2. The van der Waals surface area contributed by atoms with Gasteiger partial charge in [0.2, 0.25) is 0 Å². The lowest BCUT2D eigenvalue weighted by atomic mass is 10.0. The van der Waals surface area contributed by atoms with Crippen LogP contribution in [-0.4, -0.2) is 43.2 Å². The number of anilines is 1. The number of aliphatic hydroxyl groups is 1. The highest BCUT2D eigenvalue weighted by Gasteiger charge is 2.28. The fourth-order valence-corrected chi connectivity index (χ4v) is 2.82. The molecule has 0 aromatic heterocycles. The van der Waals surface area contributed by atoms with Gasteiger partial charge in [-0.05, 0) is 42.0 Å². The van der Waals surface area contributed by atoms with E-state index in [4.69, 9.17) is 14.2 Å². The number of hydrogen-bond acceptors (Lipinski definition) is 6. The topological polar surface area (TPSA) is 97.3 Å². The van der Waals surface area contributed by atoms with Gasteiger partial charge in [-0.15, -0.1) is 0 Å². The molecular weight excluding hydrogens is 418 g/mol. The lowest BCUT2D eigenvalue weighted by molar-refractivity contribution is -0.0306. The minimum absolute atomic E-state index is 0.0873. The van der Waals surface area contributed by atoms with Crippen LogP contribution in [0.3, 0.4) is 0 Å². The number of ether oxygens (including phenoxy) is 3. The minimum Gasteiger partial charge on any atom is -0.504 e. The third kappa shape index (κ3) is 5.85. The third-order valence-electron chi connectivity index (χ3n) is 3.91. The van der Waals surface area contributed by atoms with E-state index in [2.05, 4.69) is 21.2 Å². The maximum Gasteiger partial charge on any atom is 0.412 e. The van der Waals surface area contributed by atoms with E-state index < -0.39 is 18.3 Å². The van der Waals surface area contributed by atoms with E-state index in [0.29, 0.717) is 17.0 Å². The summed E-state index contributed by atoms with van der Waals surface area (Å²) in [6, 6.07) is 11.7. The average molecular weight is 440 g/mol. The molecule has 7 nitrogen and oxygen atoms in total. The normalized spacial score (nSPS) is 12.9. The van der Waals surface area contributed by atoms with Crippen molar-refractivity contribution in [3.63, 3.8) is 0 Å². The van der Waals surface area contributed by atoms with Gasteiger partial charge in [0.15, 0.2) is 17.6 Å². The SMILES string of the molecule is COc1ccc([C@H](OC(=O)Nc2ccc(Br)cc2)[C@H](CCO)OC)cc1O. The van der Waals surface area contributed by atoms with E-state index >= 15 is 0 Å². The molecule has 3 N–H and O–H groups in total. The Morgan fingerprint density at radius 2 is 1.89 bits per heavy atom. The van der Waals surface area contributed by atoms with Gasteiger partial charge in [0.05, 0.1) is 7.11 Å². The number of hydrogen-bond donors (Lipinski definition) is 3. The highest BCUT2D eigenvalue weighted by Crippen LogP contribution is 2.33. The Kier molecular flexibility index (Phi) is 7.90. The lowest BCUT2D eigenvalue weighted by Crippen LogP contribution is -2.28. The molecule has 0 aliphatic carbocycles. The molecule has 0 radical (unpaired) electrons. The molecule has 146 valence electrons. The third-order valence-corrected chi connectivity index (χ3v) is 4.44. The summed E-state index contributed by atoms with van der Waals surface area (Å²) in [5, 5.41) is 22.0. The van der Waals surface area contributed by atoms with Gasteiger partial charge < -0.3 is 24.4 Å². The van der Waals surface area contributed by atoms with Crippen molar-refractivity contribution in [1.82, 2.24) is 0 Å². The second-order valence-electron chi connectivity index (χ2n) is 5.68. The van der Waals surface area contributed by atoms with Gasteiger partial charge in [-0.2, -0.15) is 0 Å². The van der Waals surface area contributed by atoms with Crippen LogP contribution in [0.2, 0.25) is 0 Å². The highest BCUT2D eigenvalue weighted by atomic mass is 79.9. The number of phenols is 1. The zero-order valence-corrected chi connectivity index (χ0v) is 16.6. The molecule has 0 aliphatic rings. The minimum atomic E-state index is -0.839. The van der Waals surface area contributed by atoms with Crippen LogP contribution in [0, 0.1) is 0 Å². The Balaban J connectivity index is 2.22. The summed E-state index contributed by atoms with van der Waals surface area (Å²) in [6.45, 7) is -0.144. The summed E-state index contributed by atoms with van der Waals surface area (Å²) in [7, 11) is 2.91. The molecule has 2 atom stereocenters. The first-order valence-electron chi connectivity index (χ1n) is 8.22. The van der Waals surface area contributed by atoms with Crippen LogP contribution in [0.15, 0.2) is 46.9 Å². The fraction of sp³-hybridized carbons (Fsp3) is 0.316. The van der Waals surface area contributed by atoms with Crippen LogP contribution in [0.25, 0.3) is 0 Å². The molecule has 2 aromatic rings. The number of benzene rings is 2. The van der Waals surface area contributed by atoms with Gasteiger partial charge in [-0.25, -0.2) is 4.79 Å². The van der Waals surface area contributed by atoms with Gasteiger partial charge in [-0.1, -0.05) is 22.0 Å². The Bertz CT molecular complexity index is 752. The molecule has 27 heavy (non-hydrogen) atoms. The number of aromatic hydroxyl groups is 1. The molecule has 2 aromatic carbocycles. The molecule has 0 saturated heterocycles. The van der Waals surface area contributed by atoms with Crippen molar-refractivity contribution in [1.29, 1.82) is 0 Å². The molecule has 1 amide bonds. The van der Waals surface area contributed by atoms with Crippen molar-refractivity contribution in [2.45, 2.75) is 18.6 Å². The summed E-state index contributed by atoms with van der Waals surface area (Å²) >= 11 is 3.33. The van der Waals surface area contributed by atoms with Crippen LogP contribution in [0.1, 0.15) is 18.1 Å². The van der Waals surface area contributed by atoms with Crippen molar-refractivity contribution in [2.24, 2.45) is 0 Å². The Morgan fingerprint density at radius 3 is 2.44 bits per heavy atom. The lowest BCUT2D eigenvalue weighted by Gasteiger charge is -2.26. The Hall–Kier alpha value is -2.29. The largest absolute Gasteiger partial charge is 0.504 e. The molecule has 0 heterocycles. The average Bonchev–Trinajstić information content (AvgIpc) is 2.66. The summed E-state index contributed by atoms with van der Waals surface area (Å²) in [5.41, 5.74) is 1.08. The predicted molar refractivity (Wildman–Crippen MR) is 104 cm³/mol. The second-order valence-corrected chi connectivity index (χ2v) is 6.59. The van der Waals surface area contributed by atoms with E-state index in [-0.39, 0.29) is 18.8 Å². The molecule has 0 bridgehead atoms. The first-order valence-corrected chi connectivity index (χ1v) is 9.01. The number of amides is 1. The maximum absolute atomic E-state index is 12.4. The number of nitrogens with one attached hydrogen (secondary N) is 1. The predicted octanol–water partition coefficient (Wildman–Crippen LogP) is 3.85. The first-order chi connectivity index (χ1) is 13.0. The molecule has 0 fully saturated rings. The molecule has 8 heteroatoms. The molecular formula is C19H22BrNO6. The van der Waals surface area contributed by atoms with Crippen LogP contribution in [0.5, 0.6) is 11.5 Å². The molecule has 2 rings (SSSR count). The van der Waals surface area contributed by atoms with E-state index in [1.165, 1.54) is 20.3 Å². The van der Waals surface area contributed by atoms with E-state index in [1.807, 2.05) is 0 Å². The molecule has 0 spiro atoms.